The van der Waals surface area contributed by atoms with Crippen molar-refractivity contribution in [3.63, 3.8) is 0 Å². The zero-order valence-electron chi connectivity index (χ0n) is 24.4. The van der Waals surface area contributed by atoms with E-state index in [0.717, 1.165) is 25.1 Å². The normalized spacial score (nSPS) is 19.4. The summed E-state index contributed by atoms with van der Waals surface area (Å²) in [4.78, 5) is 7.44. The molecule has 0 saturated carbocycles. The zero-order valence-corrected chi connectivity index (χ0v) is 24.4. The van der Waals surface area contributed by atoms with Crippen molar-refractivity contribution in [2.45, 2.75) is 38.3 Å². The summed E-state index contributed by atoms with van der Waals surface area (Å²) in [5.74, 6) is 1.16. The minimum Gasteiger partial charge on any atom is -0.321 e. The summed E-state index contributed by atoms with van der Waals surface area (Å²) in [5, 5.41) is 5.26. The summed E-state index contributed by atoms with van der Waals surface area (Å²) in [6.45, 7) is 2.20. The third kappa shape index (κ3) is 4.37. The van der Waals surface area contributed by atoms with Crippen LogP contribution in [0, 0.1) is 0 Å². The van der Waals surface area contributed by atoms with Crippen LogP contribution in [0.25, 0.3) is 43.8 Å². The first-order valence-electron chi connectivity index (χ1n) is 15.5. The van der Waals surface area contributed by atoms with Crippen molar-refractivity contribution in [1.29, 1.82) is 0 Å². The van der Waals surface area contributed by atoms with Gasteiger partial charge in [-0.15, -0.1) is 0 Å². The molecular formula is C41H34N2. The van der Waals surface area contributed by atoms with Gasteiger partial charge < -0.3 is 4.90 Å². The monoisotopic (exact) mass is 554 g/mol. The molecule has 0 N–H and O–H groups in total. The van der Waals surface area contributed by atoms with E-state index in [0.29, 0.717) is 0 Å². The van der Waals surface area contributed by atoms with E-state index in [-0.39, 0.29) is 12.1 Å². The fourth-order valence-electron chi connectivity index (χ4n) is 7.24. The smallest absolute Gasteiger partial charge is 0.104 e. The molecule has 2 unspecified atom stereocenters. The summed E-state index contributed by atoms with van der Waals surface area (Å²) in [7, 11) is 0. The van der Waals surface area contributed by atoms with Gasteiger partial charge in [0, 0.05) is 12.1 Å². The van der Waals surface area contributed by atoms with E-state index >= 15 is 0 Å². The van der Waals surface area contributed by atoms with Crippen LogP contribution in [0.4, 0.5) is 5.69 Å². The van der Waals surface area contributed by atoms with Crippen LogP contribution in [0.3, 0.4) is 0 Å². The minimum atomic E-state index is 0.202. The van der Waals surface area contributed by atoms with Gasteiger partial charge in [0.1, 0.15) is 5.84 Å². The molecule has 0 fully saturated rings. The molecule has 5 aromatic rings. The predicted molar refractivity (Wildman–Crippen MR) is 185 cm³/mol. The Morgan fingerprint density at radius 3 is 1.81 bits per heavy atom. The first-order chi connectivity index (χ1) is 21.3. The number of fused-ring (bicyclic) bond motifs is 3. The molecule has 1 heterocycles. The molecule has 8 rings (SSSR count). The van der Waals surface area contributed by atoms with Gasteiger partial charge in [-0.3, -0.25) is 4.99 Å². The van der Waals surface area contributed by atoms with Crippen molar-refractivity contribution in [3.8, 4) is 11.1 Å². The number of nitrogens with zero attached hydrogens (tertiary/aromatic N) is 2. The maximum atomic E-state index is 5.02. The van der Waals surface area contributed by atoms with E-state index in [2.05, 4.69) is 151 Å². The van der Waals surface area contributed by atoms with Crippen LogP contribution in [-0.4, -0.2) is 17.9 Å². The second-order valence-corrected chi connectivity index (χ2v) is 11.7. The molecule has 0 aromatic heterocycles. The number of hydrogen-bond acceptors (Lipinski definition) is 2. The van der Waals surface area contributed by atoms with Crippen LogP contribution in [0.1, 0.15) is 37.3 Å². The fraction of sp³-hybridized carbons (Fsp3) is 0.146. The molecule has 208 valence electrons. The Morgan fingerprint density at radius 2 is 1.19 bits per heavy atom. The number of amidine groups is 1. The lowest BCUT2D eigenvalue weighted by molar-refractivity contribution is 0.739. The quantitative estimate of drug-likeness (QED) is 0.197. The first kappa shape index (κ1) is 25.7. The Bertz CT molecular complexity index is 1950. The van der Waals surface area contributed by atoms with E-state index in [4.69, 9.17) is 4.99 Å². The van der Waals surface area contributed by atoms with Crippen LogP contribution in [0.15, 0.2) is 145 Å². The van der Waals surface area contributed by atoms with Gasteiger partial charge >= 0.3 is 0 Å². The maximum Gasteiger partial charge on any atom is 0.104 e. The molecule has 43 heavy (non-hydrogen) atoms. The number of anilines is 1. The van der Waals surface area contributed by atoms with Gasteiger partial charge in [-0.1, -0.05) is 134 Å². The molecule has 0 amide bonds. The van der Waals surface area contributed by atoms with E-state index in [1.807, 2.05) is 0 Å². The molecule has 2 heteroatoms. The molecule has 0 radical (unpaired) electrons. The van der Waals surface area contributed by atoms with Gasteiger partial charge in [0.25, 0.3) is 0 Å². The standard InChI is InChI=1S/C41H34N2/c1-2-39-42-37-18-10-11-19-38(37)43(39)32-26-24-31(25-27-32)41-35-16-8-6-14-33(35)40(34-15-7-9-17-36(34)41)30-22-20-29(21-23-30)28-12-4-3-5-13-28/h3-20,22,24-27,37-38H,2,21,23H2,1H3. The van der Waals surface area contributed by atoms with E-state index < -0.39 is 0 Å². The van der Waals surface area contributed by atoms with Crippen molar-refractivity contribution in [2.75, 3.05) is 4.90 Å². The van der Waals surface area contributed by atoms with Crippen LogP contribution in [-0.2, 0) is 0 Å². The van der Waals surface area contributed by atoms with Crippen molar-refractivity contribution >= 4 is 44.2 Å². The fourth-order valence-corrected chi connectivity index (χ4v) is 7.24. The second-order valence-electron chi connectivity index (χ2n) is 11.7. The van der Waals surface area contributed by atoms with Gasteiger partial charge in [0.15, 0.2) is 0 Å². The largest absolute Gasteiger partial charge is 0.321 e. The van der Waals surface area contributed by atoms with Gasteiger partial charge in [0.05, 0.1) is 12.1 Å². The Kier molecular flexibility index (Phi) is 6.41. The molecule has 1 aliphatic heterocycles. The molecule has 2 nitrogen and oxygen atoms in total. The first-order valence-corrected chi connectivity index (χ1v) is 15.5. The minimum absolute atomic E-state index is 0.202. The number of aliphatic imine (C=N–C) groups is 1. The Hall–Kier alpha value is -4.95. The molecule has 5 aromatic carbocycles. The van der Waals surface area contributed by atoms with Crippen molar-refractivity contribution < 1.29 is 0 Å². The summed E-state index contributed by atoms with van der Waals surface area (Å²) in [6.07, 6.45) is 16.5. The zero-order chi connectivity index (χ0) is 28.8. The number of rotatable bonds is 5. The van der Waals surface area contributed by atoms with Crippen molar-refractivity contribution in [2.24, 2.45) is 4.99 Å². The molecule has 2 aliphatic carbocycles. The third-order valence-electron chi connectivity index (χ3n) is 9.25. The lowest BCUT2D eigenvalue weighted by Gasteiger charge is -2.29. The van der Waals surface area contributed by atoms with E-state index in [1.54, 1.807) is 0 Å². The number of benzene rings is 5. The van der Waals surface area contributed by atoms with Crippen LogP contribution < -0.4 is 4.90 Å². The lowest BCUT2D eigenvalue weighted by atomic mass is 9.82. The van der Waals surface area contributed by atoms with Crippen molar-refractivity contribution in [3.05, 3.63) is 151 Å². The van der Waals surface area contributed by atoms with Crippen molar-refractivity contribution in [1.82, 2.24) is 0 Å². The van der Waals surface area contributed by atoms with Crippen LogP contribution in [0.5, 0.6) is 0 Å². The Labute approximate surface area is 253 Å². The van der Waals surface area contributed by atoms with Gasteiger partial charge in [-0.25, -0.2) is 0 Å². The highest BCUT2D eigenvalue weighted by atomic mass is 15.3. The summed E-state index contributed by atoms with van der Waals surface area (Å²) in [5.41, 5.74) is 9.28. The highest BCUT2D eigenvalue weighted by molar-refractivity contribution is 6.19. The highest BCUT2D eigenvalue weighted by Gasteiger charge is 2.34. The van der Waals surface area contributed by atoms with E-state index in [9.17, 15) is 0 Å². The highest BCUT2D eigenvalue weighted by Crippen LogP contribution is 2.44. The average Bonchev–Trinajstić information content (AvgIpc) is 3.47. The van der Waals surface area contributed by atoms with Gasteiger partial charge in [0.2, 0.25) is 0 Å². The lowest BCUT2D eigenvalue weighted by Crippen LogP contribution is -2.38. The summed E-state index contributed by atoms with van der Waals surface area (Å²) in [6, 6.07) is 38.4. The molecule has 3 aliphatic rings. The number of hydrogen-bond donors (Lipinski definition) is 0. The van der Waals surface area contributed by atoms with Crippen LogP contribution in [0.2, 0.25) is 0 Å². The Morgan fingerprint density at radius 1 is 0.605 bits per heavy atom. The topological polar surface area (TPSA) is 15.6 Å². The van der Waals surface area contributed by atoms with Crippen LogP contribution >= 0.6 is 0 Å². The Balaban J connectivity index is 1.25. The number of allylic oxidation sites excluding steroid dienone is 6. The molecule has 0 spiro atoms. The average molecular weight is 555 g/mol. The van der Waals surface area contributed by atoms with Gasteiger partial charge in [-0.2, -0.15) is 0 Å². The van der Waals surface area contributed by atoms with E-state index in [1.165, 1.54) is 60.6 Å². The molecule has 0 bridgehead atoms. The molecular weight excluding hydrogens is 520 g/mol. The summed E-state index contributed by atoms with van der Waals surface area (Å²) < 4.78 is 0. The third-order valence-corrected chi connectivity index (χ3v) is 9.25. The predicted octanol–water partition coefficient (Wildman–Crippen LogP) is 10.4. The second kappa shape index (κ2) is 10.7. The summed E-state index contributed by atoms with van der Waals surface area (Å²) >= 11 is 0. The SMILES string of the molecule is CCC1=NC2C=CC=CC2N1c1ccc(-c2c3ccccc3c(C3=CC=C(c4ccccc4)CC3)c3ccccc23)cc1. The molecule has 2 atom stereocenters. The van der Waals surface area contributed by atoms with Gasteiger partial charge in [-0.05, 0) is 79.9 Å². The molecule has 0 saturated heterocycles. The maximum absolute atomic E-state index is 5.02.